The number of halogens is 2. The van der Waals surface area contributed by atoms with E-state index in [1.54, 1.807) is 0 Å². The molecular weight excluding hydrogens is 413 g/mol. The van der Waals surface area contributed by atoms with Crippen molar-refractivity contribution in [1.29, 1.82) is 0 Å². The minimum atomic E-state index is 0.0564. The summed E-state index contributed by atoms with van der Waals surface area (Å²) in [6, 6.07) is 15.4. The van der Waals surface area contributed by atoms with Gasteiger partial charge < -0.3 is 9.80 Å². The van der Waals surface area contributed by atoms with Gasteiger partial charge in [0.15, 0.2) is 0 Å². The average molecular weight is 432 g/mol. The summed E-state index contributed by atoms with van der Waals surface area (Å²) in [4.78, 5) is 22.5. The highest BCUT2D eigenvalue weighted by molar-refractivity contribution is 7.17. The number of hydrogen-bond acceptors (Lipinski definition) is 4. The van der Waals surface area contributed by atoms with Crippen LogP contribution in [-0.4, -0.2) is 42.0 Å². The summed E-state index contributed by atoms with van der Waals surface area (Å²) in [5.41, 5.74) is 2.85. The molecule has 0 spiro atoms. The van der Waals surface area contributed by atoms with Crippen LogP contribution in [0.4, 0.5) is 5.69 Å². The third kappa shape index (κ3) is 4.02. The maximum absolute atomic E-state index is 13.1. The number of amides is 1. The molecule has 2 heterocycles. The lowest BCUT2D eigenvalue weighted by Gasteiger charge is -2.36. The van der Waals surface area contributed by atoms with Gasteiger partial charge >= 0.3 is 0 Å². The van der Waals surface area contributed by atoms with E-state index >= 15 is 0 Å². The first-order chi connectivity index (χ1) is 13.5. The third-order valence-corrected chi connectivity index (χ3v) is 6.50. The summed E-state index contributed by atoms with van der Waals surface area (Å²) in [6.07, 6.45) is 0. The predicted octanol–water partition coefficient (Wildman–Crippen LogP) is 5.39. The van der Waals surface area contributed by atoms with Gasteiger partial charge in [0.1, 0.15) is 9.88 Å². The number of rotatable bonds is 3. The highest BCUT2D eigenvalue weighted by Crippen LogP contribution is 2.30. The van der Waals surface area contributed by atoms with Crippen molar-refractivity contribution in [3.05, 3.63) is 69.1 Å². The highest BCUT2D eigenvalue weighted by Gasteiger charge is 2.26. The van der Waals surface area contributed by atoms with E-state index in [4.69, 9.17) is 23.2 Å². The van der Waals surface area contributed by atoms with Gasteiger partial charge in [-0.2, -0.15) is 0 Å². The van der Waals surface area contributed by atoms with Crippen molar-refractivity contribution >= 4 is 46.1 Å². The smallest absolute Gasteiger partial charge is 0.265 e. The summed E-state index contributed by atoms with van der Waals surface area (Å²) >= 11 is 13.5. The quantitative estimate of drug-likeness (QED) is 0.557. The number of aryl methyl sites for hydroxylation is 1. The largest absolute Gasteiger partial charge is 0.368 e. The van der Waals surface area contributed by atoms with E-state index in [2.05, 4.69) is 16.0 Å². The van der Waals surface area contributed by atoms with Crippen LogP contribution in [0.2, 0.25) is 10.0 Å². The monoisotopic (exact) mass is 431 g/mol. The van der Waals surface area contributed by atoms with Crippen molar-refractivity contribution in [3.8, 4) is 10.6 Å². The van der Waals surface area contributed by atoms with Crippen molar-refractivity contribution in [2.24, 2.45) is 0 Å². The van der Waals surface area contributed by atoms with Gasteiger partial charge in [0, 0.05) is 47.5 Å². The maximum atomic E-state index is 13.1. The lowest BCUT2D eigenvalue weighted by Crippen LogP contribution is -2.48. The fraction of sp³-hybridized carbons (Fsp3) is 0.238. The van der Waals surface area contributed by atoms with Crippen LogP contribution in [0, 0.1) is 6.92 Å². The van der Waals surface area contributed by atoms with E-state index in [0.717, 1.165) is 40.1 Å². The first-order valence-corrected chi connectivity index (χ1v) is 10.6. The molecule has 0 N–H and O–H groups in total. The molecule has 0 atom stereocenters. The Kier molecular flexibility index (Phi) is 5.58. The molecule has 0 unspecified atom stereocenters. The van der Waals surface area contributed by atoms with E-state index in [-0.39, 0.29) is 5.91 Å². The molecule has 0 aliphatic carbocycles. The number of aromatic nitrogens is 1. The Hall–Kier alpha value is -2.08. The van der Waals surface area contributed by atoms with Gasteiger partial charge in [-0.05, 0) is 37.3 Å². The van der Waals surface area contributed by atoms with Gasteiger partial charge in [0.2, 0.25) is 0 Å². The first-order valence-electron chi connectivity index (χ1n) is 9.04. The molecule has 1 aliphatic heterocycles. The lowest BCUT2D eigenvalue weighted by molar-refractivity contribution is 0.0750. The molecule has 1 aliphatic rings. The van der Waals surface area contributed by atoms with Crippen LogP contribution in [0.25, 0.3) is 10.6 Å². The summed E-state index contributed by atoms with van der Waals surface area (Å²) in [6.45, 7) is 4.82. The SMILES string of the molecule is Cc1nc(-c2ccc(Cl)cc2)sc1C(=O)N1CCN(c2cccc(Cl)c2)CC1. The third-order valence-electron chi connectivity index (χ3n) is 4.82. The Morgan fingerprint density at radius 3 is 2.39 bits per heavy atom. The van der Waals surface area contributed by atoms with Crippen LogP contribution in [-0.2, 0) is 0 Å². The molecule has 2 aromatic carbocycles. The standard InChI is InChI=1S/C21H19Cl2N3OS/c1-14-19(28-20(24-14)15-5-7-16(22)8-6-15)21(27)26-11-9-25(10-12-26)18-4-2-3-17(23)13-18/h2-8,13H,9-12H2,1H3. The van der Waals surface area contributed by atoms with Crippen LogP contribution < -0.4 is 4.90 Å². The topological polar surface area (TPSA) is 36.4 Å². The Morgan fingerprint density at radius 1 is 1.00 bits per heavy atom. The van der Waals surface area contributed by atoms with Crippen molar-refractivity contribution in [3.63, 3.8) is 0 Å². The van der Waals surface area contributed by atoms with Gasteiger partial charge in [-0.15, -0.1) is 11.3 Å². The second-order valence-electron chi connectivity index (χ2n) is 6.70. The molecule has 1 fully saturated rings. The number of carbonyl (C=O) groups excluding carboxylic acids is 1. The predicted molar refractivity (Wildman–Crippen MR) is 117 cm³/mol. The number of benzene rings is 2. The zero-order valence-electron chi connectivity index (χ0n) is 15.4. The molecule has 0 saturated carbocycles. The van der Waals surface area contributed by atoms with E-state index in [0.29, 0.717) is 23.0 Å². The van der Waals surface area contributed by atoms with Crippen LogP contribution in [0.5, 0.6) is 0 Å². The minimum Gasteiger partial charge on any atom is -0.368 e. The molecule has 4 rings (SSSR count). The second kappa shape index (κ2) is 8.11. The number of piperazine rings is 1. The Morgan fingerprint density at radius 2 is 1.71 bits per heavy atom. The highest BCUT2D eigenvalue weighted by atomic mass is 35.5. The normalized spacial score (nSPS) is 14.4. The molecule has 7 heteroatoms. The molecule has 1 saturated heterocycles. The van der Waals surface area contributed by atoms with Gasteiger partial charge in [-0.25, -0.2) is 4.98 Å². The summed E-state index contributed by atoms with van der Waals surface area (Å²) in [5.74, 6) is 0.0564. The number of carbonyl (C=O) groups is 1. The second-order valence-corrected chi connectivity index (χ2v) is 8.57. The van der Waals surface area contributed by atoms with Crippen LogP contribution in [0.1, 0.15) is 15.4 Å². The van der Waals surface area contributed by atoms with Gasteiger partial charge in [0.05, 0.1) is 5.69 Å². The molecule has 4 nitrogen and oxygen atoms in total. The lowest BCUT2D eigenvalue weighted by atomic mass is 10.2. The Balaban J connectivity index is 1.46. The number of nitrogens with zero attached hydrogens (tertiary/aromatic N) is 3. The van der Waals surface area contributed by atoms with E-state index < -0.39 is 0 Å². The zero-order chi connectivity index (χ0) is 19.7. The molecule has 3 aromatic rings. The minimum absolute atomic E-state index is 0.0564. The summed E-state index contributed by atoms with van der Waals surface area (Å²) < 4.78 is 0. The molecular formula is C21H19Cl2N3OS. The molecule has 144 valence electrons. The molecule has 0 radical (unpaired) electrons. The molecule has 1 amide bonds. The van der Waals surface area contributed by atoms with Crippen LogP contribution in [0.15, 0.2) is 48.5 Å². The fourth-order valence-corrected chi connectivity index (χ4v) is 4.65. The van der Waals surface area contributed by atoms with Crippen LogP contribution in [0.3, 0.4) is 0 Å². The Bertz CT molecular complexity index is 995. The summed E-state index contributed by atoms with van der Waals surface area (Å²) in [5, 5.41) is 2.26. The van der Waals surface area contributed by atoms with Crippen molar-refractivity contribution in [1.82, 2.24) is 9.88 Å². The Labute approximate surface area is 178 Å². The maximum Gasteiger partial charge on any atom is 0.265 e. The zero-order valence-corrected chi connectivity index (χ0v) is 17.7. The van der Waals surface area contributed by atoms with Crippen LogP contribution >= 0.6 is 34.5 Å². The average Bonchev–Trinajstić information content (AvgIpc) is 3.10. The van der Waals surface area contributed by atoms with E-state index in [1.807, 2.05) is 54.3 Å². The fourth-order valence-electron chi connectivity index (χ4n) is 3.29. The van der Waals surface area contributed by atoms with Crippen molar-refractivity contribution in [2.45, 2.75) is 6.92 Å². The number of anilines is 1. The van der Waals surface area contributed by atoms with Crippen molar-refractivity contribution < 1.29 is 4.79 Å². The molecule has 1 aromatic heterocycles. The van der Waals surface area contributed by atoms with Gasteiger partial charge in [-0.3, -0.25) is 4.79 Å². The molecule has 28 heavy (non-hydrogen) atoms. The number of hydrogen-bond donors (Lipinski definition) is 0. The van der Waals surface area contributed by atoms with Crippen molar-refractivity contribution in [2.75, 3.05) is 31.1 Å². The van der Waals surface area contributed by atoms with Gasteiger partial charge in [-0.1, -0.05) is 41.4 Å². The van der Waals surface area contributed by atoms with E-state index in [1.165, 1.54) is 11.3 Å². The molecule has 0 bridgehead atoms. The number of thiazole rings is 1. The first kappa shape index (κ1) is 19.2. The van der Waals surface area contributed by atoms with E-state index in [9.17, 15) is 4.79 Å². The summed E-state index contributed by atoms with van der Waals surface area (Å²) in [7, 11) is 0. The van der Waals surface area contributed by atoms with Gasteiger partial charge in [0.25, 0.3) is 5.91 Å².